The maximum Gasteiger partial charge on any atom is 0.321 e. The molecule has 2 unspecified atom stereocenters. The second-order valence-corrected chi connectivity index (χ2v) is 6.94. The van der Waals surface area contributed by atoms with E-state index in [0.717, 1.165) is 24.2 Å². The first-order valence-corrected chi connectivity index (χ1v) is 9.38. The van der Waals surface area contributed by atoms with Crippen LogP contribution in [0.15, 0.2) is 30.0 Å². The predicted octanol–water partition coefficient (Wildman–Crippen LogP) is 0.729. The molecule has 0 radical (unpaired) electrons. The smallest absolute Gasteiger partial charge is 0.321 e. The van der Waals surface area contributed by atoms with Crippen molar-refractivity contribution in [1.82, 2.24) is 26.6 Å². The number of hydrogen-bond donors (Lipinski definition) is 6. The van der Waals surface area contributed by atoms with Crippen LogP contribution in [0.1, 0.15) is 31.4 Å². The van der Waals surface area contributed by atoms with Gasteiger partial charge < -0.3 is 21.3 Å². The summed E-state index contributed by atoms with van der Waals surface area (Å²) in [7, 11) is 0. The van der Waals surface area contributed by atoms with Crippen LogP contribution < -0.4 is 31.9 Å². The molecule has 0 fully saturated rings. The first-order valence-electron chi connectivity index (χ1n) is 9.38. The molecule has 8 nitrogen and oxygen atoms in total. The minimum absolute atomic E-state index is 0.0513. The molecular formula is C19H28N6O2. The molecular weight excluding hydrogens is 344 g/mol. The predicted molar refractivity (Wildman–Crippen MR) is 105 cm³/mol. The number of anilines is 1. The lowest BCUT2D eigenvalue weighted by Gasteiger charge is -2.32. The Kier molecular flexibility index (Phi) is 6.31. The Balaban J connectivity index is 1.47. The summed E-state index contributed by atoms with van der Waals surface area (Å²) in [6.07, 6.45) is 4.87. The van der Waals surface area contributed by atoms with Crippen molar-refractivity contribution in [1.29, 1.82) is 0 Å². The highest BCUT2D eigenvalue weighted by Crippen LogP contribution is 2.24. The highest BCUT2D eigenvalue weighted by atomic mass is 16.2. The van der Waals surface area contributed by atoms with E-state index < -0.39 is 6.29 Å². The fraction of sp³-hybridized carbons (Fsp3) is 0.474. The van der Waals surface area contributed by atoms with Gasteiger partial charge >= 0.3 is 6.03 Å². The zero-order valence-electron chi connectivity index (χ0n) is 15.8. The lowest BCUT2D eigenvalue weighted by Crippen LogP contribution is -2.63. The van der Waals surface area contributed by atoms with Gasteiger partial charge in [0, 0.05) is 31.4 Å². The van der Waals surface area contributed by atoms with Crippen LogP contribution in [-0.2, 0) is 17.6 Å². The second-order valence-electron chi connectivity index (χ2n) is 6.94. The average Bonchev–Trinajstić information content (AvgIpc) is 3.05. The Bertz CT molecular complexity index is 733. The summed E-state index contributed by atoms with van der Waals surface area (Å²) in [5, 5.41) is 18.2. The van der Waals surface area contributed by atoms with Gasteiger partial charge in [-0.2, -0.15) is 0 Å². The summed E-state index contributed by atoms with van der Waals surface area (Å²) in [6, 6.07) is 5.82. The van der Waals surface area contributed by atoms with Crippen molar-refractivity contribution in [2.45, 2.75) is 45.6 Å². The number of rotatable bonds is 6. The van der Waals surface area contributed by atoms with E-state index in [-0.39, 0.29) is 18.1 Å². The van der Waals surface area contributed by atoms with Gasteiger partial charge in [-0.1, -0.05) is 6.07 Å². The molecule has 27 heavy (non-hydrogen) atoms. The molecule has 0 bridgehead atoms. The lowest BCUT2D eigenvalue weighted by molar-refractivity contribution is -0.118. The molecule has 146 valence electrons. The van der Waals surface area contributed by atoms with E-state index in [1.54, 1.807) is 0 Å². The van der Waals surface area contributed by atoms with Gasteiger partial charge in [0.05, 0.1) is 6.17 Å². The molecule has 6 N–H and O–H groups in total. The molecule has 1 aromatic carbocycles. The van der Waals surface area contributed by atoms with Crippen LogP contribution in [0.2, 0.25) is 0 Å². The Hall–Kier alpha value is -2.58. The van der Waals surface area contributed by atoms with Crippen LogP contribution >= 0.6 is 0 Å². The van der Waals surface area contributed by atoms with Gasteiger partial charge in [0.2, 0.25) is 5.91 Å². The van der Waals surface area contributed by atoms with E-state index in [2.05, 4.69) is 44.0 Å². The summed E-state index contributed by atoms with van der Waals surface area (Å²) >= 11 is 0. The minimum Gasteiger partial charge on any atom is -0.357 e. The van der Waals surface area contributed by atoms with E-state index in [0.29, 0.717) is 13.1 Å². The molecule has 0 aromatic heterocycles. The van der Waals surface area contributed by atoms with Crippen LogP contribution in [0.3, 0.4) is 0 Å². The maximum atomic E-state index is 12.3. The van der Waals surface area contributed by atoms with Crippen molar-refractivity contribution in [2.24, 2.45) is 0 Å². The third-order valence-electron chi connectivity index (χ3n) is 4.63. The second kappa shape index (κ2) is 8.88. The van der Waals surface area contributed by atoms with E-state index in [9.17, 15) is 9.59 Å². The first-order chi connectivity index (χ1) is 13.0. The molecule has 0 spiro atoms. The number of hydrogen-bond acceptors (Lipinski definition) is 5. The van der Waals surface area contributed by atoms with Crippen LogP contribution in [0.4, 0.5) is 10.5 Å². The Labute approximate surface area is 159 Å². The number of carbonyl (C=O) groups excluding carboxylic acids is 2. The summed E-state index contributed by atoms with van der Waals surface area (Å²) < 4.78 is 0. The monoisotopic (exact) mass is 372 g/mol. The molecule has 2 aliphatic rings. The van der Waals surface area contributed by atoms with Crippen LogP contribution in [0.5, 0.6) is 0 Å². The van der Waals surface area contributed by atoms with Gasteiger partial charge in [-0.05, 0) is 55.5 Å². The van der Waals surface area contributed by atoms with Crippen molar-refractivity contribution >= 4 is 17.6 Å². The molecule has 1 aliphatic heterocycles. The first kappa shape index (κ1) is 19.2. The SMILES string of the molecule is CC(=O)NCCNC1C=C(C)NC(NC(=O)Nc2ccc3c(c2)CCC3)N1. The van der Waals surface area contributed by atoms with Crippen molar-refractivity contribution in [3.05, 3.63) is 41.1 Å². The van der Waals surface area contributed by atoms with Crippen LogP contribution in [-0.4, -0.2) is 37.5 Å². The normalized spacial score (nSPS) is 20.9. The standard InChI is InChI=1S/C19H28N6O2/c1-12-10-17(21-9-8-20-13(2)26)24-18(22-12)25-19(27)23-16-7-6-14-4-3-5-15(14)11-16/h6-7,10-11,17-18,21-22,24H,3-5,8-9H2,1-2H3,(H,20,26)(H2,23,25,27). The number of allylic oxidation sites excluding steroid dienone is 1. The summed E-state index contributed by atoms with van der Waals surface area (Å²) in [5.41, 5.74) is 4.46. The number of amides is 3. The van der Waals surface area contributed by atoms with Crippen molar-refractivity contribution in [2.75, 3.05) is 18.4 Å². The lowest BCUT2D eigenvalue weighted by atomic mass is 10.1. The zero-order valence-corrected chi connectivity index (χ0v) is 15.8. The minimum atomic E-state index is -0.400. The molecule has 3 amide bonds. The van der Waals surface area contributed by atoms with Crippen LogP contribution in [0.25, 0.3) is 0 Å². The van der Waals surface area contributed by atoms with Crippen molar-refractivity contribution in [3.8, 4) is 0 Å². The molecule has 1 aliphatic carbocycles. The quantitative estimate of drug-likeness (QED) is 0.413. The van der Waals surface area contributed by atoms with Gasteiger partial charge in [-0.15, -0.1) is 0 Å². The summed E-state index contributed by atoms with van der Waals surface area (Å²) in [6.45, 7) is 4.60. The van der Waals surface area contributed by atoms with E-state index >= 15 is 0 Å². The molecule has 3 rings (SSSR count). The molecule has 0 saturated carbocycles. The average molecular weight is 372 g/mol. The van der Waals surface area contributed by atoms with Crippen molar-refractivity contribution < 1.29 is 9.59 Å². The largest absolute Gasteiger partial charge is 0.357 e. The van der Waals surface area contributed by atoms with Gasteiger partial charge in [0.1, 0.15) is 0 Å². The Morgan fingerprint density at radius 1 is 1.19 bits per heavy atom. The third kappa shape index (κ3) is 5.70. The number of benzene rings is 1. The van der Waals surface area contributed by atoms with Gasteiger partial charge in [-0.3, -0.25) is 15.4 Å². The van der Waals surface area contributed by atoms with Gasteiger partial charge in [0.15, 0.2) is 6.29 Å². The fourth-order valence-electron chi connectivity index (χ4n) is 3.40. The molecule has 2 atom stereocenters. The summed E-state index contributed by atoms with van der Waals surface area (Å²) in [5.74, 6) is -0.0513. The number of aryl methyl sites for hydroxylation is 2. The maximum absolute atomic E-state index is 12.3. The topological polar surface area (TPSA) is 106 Å². The van der Waals surface area contributed by atoms with Gasteiger partial charge in [0.25, 0.3) is 0 Å². The van der Waals surface area contributed by atoms with E-state index in [4.69, 9.17) is 0 Å². The number of nitrogens with one attached hydrogen (secondary N) is 6. The fourth-order valence-corrected chi connectivity index (χ4v) is 3.40. The molecule has 8 heteroatoms. The number of fused-ring (bicyclic) bond motifs is 1. The zero-order chi connectivity index (χ0) is 19.2. The third-order valence-corrected chi connectivity index (χ3v) is 4.63. The van der Waals surface area contributed by atoms with Crippen LogP contribution in [0, 0.1) is 0 Å². The molecule has 0 saturated heterocycles. The van der Waals surface area contributed by atoms with E-state index in [1.807, 2.05) is 19.1 Å². The number of urea groups is 1. The Morgan fingerprint density at radius 3 is 2.81 bits per heavy atom. The van der Waals surface area contributed by atoms with Crippen molar-refractivity contribution in [3.63, 3.8) is 0 Å². The highest BCUT2D eigenvalue weighted by molar-refractivity contribution is 5.89. The highest BCUT2D eigenvalue weighted by Gasteiger charge is 2.20. The molecule has 1 heterocycles. The van der Waals surface area contributed by atoms with E-state index in [1.165, 1.54) is 24.5 Å². The molecule has 1 aromatic rings. The Morgan fingerprint density at radius 2 is 2.00 bits per heavy atom. The summed E-state index contributed by atoms with van der Waals surface area (Å²) in [4.78, 5) is 23.2. The number of carbonyl (C=O) groups is 2. The van der Waals surface area contributed by atoms with Gasteiger partial charge in [-0.25, -0.2) is 4.79 Å².